The number of benzene rings is 1. The SMILES string of the molecule is CN(CCCCO)CC(=O)Nc1ccc(Cl)c(C(F)(F)F)c1. The lowest BCUT2D eigenvalue weighted by Crippen LogP contribution is -2.31. The molecule has 0 aromatic heterocycles. The van der Waals surface area contributed by atoms with Crippen molar-refractivity contribution in [2.75, 3.05) is 32.1 Å². The lowest BCUT2D eigenvalue weighted by molar-refractivity contribution is -0.137. The second-order valence-electron chi connectivity index (χ2n) is 4.91. The lowest BCUT2D eigenvalue weighted by atomic mass is 10.2. The Hall–Kier alpha value is -1.31. The molecular formula is C14H18ClF3N2O2. The van der Waals surface area contributed by atoms with Gasteiger partial charge in [0.2, 0.25) is 5.91 Å². The van der Waals surface area contributed by atoms with E-state index in [1.165, 1.54) is 6.07 Å². The molecule has 1 amide bonds. The molecule has 8 heteroatoms. The van der Waals surface area contributed by atoms with Crippen LogP contribution in [0.15, 0.2) is 18.2 Å². The normalized spacial score (nSPS) is 11.8. The summed E-state index contributed by atoms with van der Waals surface area (Å²) in [5.41, 5.74) is -0.936. The van der Waals surface area contributed by atoms with Crippen molar-refractivity contribution < 1.29 is 23.1 Å². The molecule has 1 aromatic rings. The molecule has 0 spiro atoms. The molecule has 0 bridgehead atoms. The van der Waals surface area contributed by atoms with Crippen LogP contribution in [0.4, 0.5) is 18.9 Å². The molecule has 0 aliphatic carbocycles. The number of aliphatic hydroxyl groups is 1. The van der Waals surface area contributed by atoms with Crippen molar-refractivity contribution in [1.82, 2.24) is 4.90 Å². The van der Waals surface area contributed by atoms with E-state index in [2.05, 4.69) is 5.32 Å². The fourth-order valence-corrected chi connectivity index (χ4v) is 2.06. The quantitative estimate of drug-likeness (QED) is 0.751. The molecule has 124 valence electrons. The zero-order chi connectivity index (χ0) is 16.8. The number of carbonyl (C=O) groups is 1. The predicted octanol–water partition coefficient (Wildman–Crippen LogP) is 3.00. The van der Waals surface area contributed by atoms with Gasteiger partial charge in [-0.05, 0) is 44.6 Å². The van der Waals surface area contributed by atoms with E-state index in [9.17, 15) is 18.0 Å². The summed E-state index contributed by atoms with van der Waals surface area (Å²) in [6.45, 7) is 0.753. The Kier molecular flexibility index (Phi) is 7.12. The molecule has 0 fully saturated rings. The molecule has 0 heterocycles. The molecule has 22 heavy (non-hydrogen) atoms. The Morgan fingerprint density at radius 2 is 2.05 bits per heavy atom. The molecule has 0 radical (unpaired) electrons. The summed E-state index contributed by atoms with van der Waals surface area (Å²) in [5, 5.41) is 10.7. The third-order valence-corrected chi connectivity index (χ3v) is 3.25. The first-order valence-corrected chi connectivity index (χ1v) is 7.08. The number of alkyl halides is 3. The Labute approximate surface area is 131 Å². The van der Waals surface area contributed by atoms with E-state index >= 15 is 0 Å². The van der Waals surface area contributed by atoms with E-state index < -0.39 is 22.7 Å². The van der Waals surface area contributed by atoms with Crippen LogP contribution < -0.4 is 5.32 Å². The number of rotatable bonds is 7. The topological polar surface area (TPSA) is 52.6 Å². The van der Waals surface area contributed by atoms with Gasteiger partial charge < -0.3 is 10.4 Å². The highest BCUT2D eigenvalue weighted by Crippen LogP contribution is 2.36. The van der Waals surface area contributed by atoms with Gasteiger partial charge in [-0.2, -0.15) is 13.2 Å². The van der Waals surface area contributed by atoms with Gasteiger partial charge >= 0.3 is 6.18 Å². The number of nitrogens with one attached hydrogen (secondary N) is 1. The van der Waals surface area contributed by atoms with Gasteiger partial charge in [0, 0.05) is 12.3 Å². The van der Waals surface area contributed by atoms with E-state index in [1.54, 1.807) is 11.9 Å². The van der Waals surface area contributed by atoms with Gasteiger partial charge in [0.05, 0.1) is 17.1 Å². The van der Waals surface area contributed by atoms with Crippen molar-refractivity contribution in [3.8, 4) is 0 Å². The van der Waals surface area contributed by atoms with Gasteiger partial charge in [-0.15, -0.1) is 0 Å². The smallest absolute Gasteiger partial charge is 0.396 e. The van der Waals surface area contributed by atoms with E-state index in [1.807, 2.05) is 0 Å². The summed E-state index contributed by atoms with van der Waals surface area (Å²) in [6, 6.07) is 3.23. The summed E-state index contributed by atoms with van der Waals surface area (Å²) in [4.78, 5) is 13.5. The molecule has 1 aromatic carbocycles. The van der Waals surface area contributed by atoms with Gasteiger partial charge in [0.15, 0.2) is 0 Å². The van der Waals surface area contributed by atoms with Gasteiger partial charge in [-0.1, -0.05) is 11.6 Å². The number of unbranched alkanes of at least 4 members (excludes halogenated alkanes) is 1. The average molecular weight is 339 g/mol. The zero-order valence-electron chi connectivity index (χ0n) is 12.1. The van der Waals surface area contributed by atoms with E-state index in [0.29, 0.717) is 13.0 Å². The van der Waals surface area contributed by atoms with Crippen LogP contribution in [0.3, 0.4) is 0 Å². The first kappa shape index (κ1) is 18.7. The molecule has 0 aliphatic heterocycles. The van der Waals surface area contributed by atoms with Gasteiger partial charge in [-0.25, -0.2) is 0 Å². The molecule has 0 saturated carbocycles. The van der Waals surface area contributed by atoms with Crippen LogP contribution in [0.25, 0.3) is 0 Å². The zero-order valence-corrected chi connectivity index (χ0v) is 12.8. The van der Waals surface area contributed by atoms with Gasteiger partial charge in [-0.3, -0.25) is 9.69 Å². The molecular weight excluding hydrogens is 321 g/mol. The standard InChI is InChI=1S/C14H18ClF3N2O2/c1-20(6-2-3-7-21)9-13(22)19-10-4-5-12(15)11(8-10)14(16,17)18/h4-5,8,21H,2-3,6-7,9H2,1H3,(H,19,22). The number of aliphatic hydroxyl groups excluding tert-OH is 1. The van der Waals surface area contributed by atoms with Crippen LogP contribution in [0.2, 0.25) is 5.02 Å². The number of likely N-dealkylation sites (N-methyl/N-ethyl adjacent to an activating group) is 1. The number of anilines is 1. The van der Waals surface area contributed by atoms with Crippen LogP contribution in [0, 0.1) is 0 Å². The molecule has 4 nitrogen and oxygen atoms in total. The summed E-state index contributed by atoms with van der Waals surface area (Å²) in [7, 11) is 1.72. The Balaban J connectivity index is 2.61. The highest BCUT2D eigenvalue weighted by molar-refractivity contribution is 6.31. The van der Waals surface area contributed by atoms with Gasteiger partial charge in [0.25, 0.3) is 0 Å². The fraction of sp³-hybridized carbons (Fsp3) is 0.500. The highest BCUT2D eigenvalue weighted by Gasteiger charge is 2.33. The number of hydrogen-bond acceptors (Lipinski definition) is 3. The van der Waals surface area contributed by atoms with Crippen molar-refractivity contribution in [2.45, 2.75) is 19.0 Å². The van der Waals surface area contributed by atoms with Crippen LogP contribution in [0.1, 0.15) is 18.4 Å². The van der Waals surface area contributed by atoms with Crippen molar-refractivity contribution in [1.29, 1.82) is 0 Å². The number of carbonyl (C=O) groups excluding carboxylic acids is 1. The van der Waals surface area contributed by atoms with Crippen molar-refractivity contribution in [2.24, 2.45) is 0 Å². The molecule has 0 atom stereocenters. The molecule has 0 unspecified atom stereocenters. The summed E-state index contributed by atoms with van der Waals surface area (Å²) >= 11 is 5.51. The maximum absolute atomic E-state index is 12.7. The number of nitrogens with zero attached hydrogens (tertiary/aromatic N) is 1. The first-order valence-electron chi connectivity index (χ1n) is 6.70. The van der Waals surface area contributed by atoms with Gasteiger partial charge in [0.1, 0.15) is 0 Å². The van der Waals surface area contributed by atoms with Crippen molar-refractivity contribution in [3.63, 3.8) is 0 Å². The third-order valence-electron chi connectivity index (χ3n) is 2.92. The fourth-order valence-electron chi connectivity index (χ4n) is 1.84. The van der Waals surface area contributed by atoms with E-state index in [0.717, 1.165) is 18.6 Å². The van der Waals surface area contributed by atoms with E-state index in [-0.39, 0.29) is 18.8 Å². The number of halogens is 4. The number of amides is 1. The highest BCUT2D eigenvalue weighted by atomic mass is 35.5. The average Bonchev–Trinajstić information content (AvgIpc) is 2.40. The molecule has 0 aliphatic rings. The minimum Gasteiger partial charge on any atom is -0.396 e. The largest absolute Gasteiger partial charge is 0.417 e. The first-order chi connectivity index (χ1) is 10.2. The lowest BCUT2D eigenvalue weighted by Gasteiger charge is -2.16. The Morgan fingerprint density at radius 1 is 1.36 bits per heavy atom. The number of hydrogen-bond donors (Lipinski definition) is 2. The van der Waals surface area contributed by atoms with Crippen molar-refractivity contribution >= 4 is 23.2 Å². The third kappa shape index (κ3) is 6.21. The Morgan fingerprint density at radius 3 is 2.64 bits per heavy atom. The van der Waals surface area contributed by atoms with Crippen LogP contribution in [0.5, 0.6) is 0 Å². The monoisotopic (exact) mass is 338 g/mol. The minimum absolute atomic E-state index is 0.0467. The molecule has 1 rings (SSSR count). The summed E-state index contributed by atoms with van der Waals surface area (Å²) < 4.78 is 38.2. The maximum Gasteiger partial charge on any atom is 0.417 e. The van der Waals surface area contributed by atoms with E-state index in [4.69, 9.17) is 16.7 Å². The summed E-state index contributed by atoms with van der Waals surface area (Å²) in [6.07, 6.45) is -3.20. The minimum atomic E-state index is -4.57. The van der Waals surface area contributed by atoms with Crippen molar-refractivity contribution in [3.05, 3.63) is 28.8 Å². The molecule has 0 saturated heterocycles. The van der Waals surface area contributed by atoms with Crippen LogP contribution >= 0.6 is 11.6 Å². The Bertz CT molecular complexity index is 509. The maximum atomic E-state index is 12.7. The molecule has 2 N–H and O–H groups in total. The second kappa shape index (κ2) is 8.36. The summed E-state index contributed by atoms with van der Waals surface area (Å²) in [5.74, 6) is -0.415. The second-order valence-corrected chi connectivity index (χ2v) is 5.32. The van der Waals surface area contributed by atoms with Crippen LogP contribution in [-0.4, -0.2) is 42.7 Å². The van der Waals surface area contributed by atoms with Crippen LogP contribution in [-0.2, 0) is 11.0 Å². The predicted molar refractivity (Wildman–Crippen MR) is 78.9 cm³/mol.